The van der Waals surface area contributed by atoms with E-state index in [-0.39, 0.29) is 25.2 Å². The number of rotatable bonds is 50. The Kier molecular flexibility index (Phi) is 54.5. The van der Waals surface area contributed by atoms with Crippen LogP contribution < -0.4 is 0 Å². The molecule has 0 aromatic rings. The Morgan fingerprint density at radius 2 is 0.662 bits per heavy atom. The molecule has 0 N–H and O–H groups in total. The molecule has 0 heterocycles. The molecular weight excluding hydrogens is 837 g/mol. The van der Waals surface area contributed by atoms with E-state index in [4.69, 9.17) is 14.2 Å². The molecule has 5 nitrogen and oxygen atoms in total. The Balaban J connectivity index is 4.43. The molecule has 0 bridgehead atoms. The number of hydrogen-bond acceptors (Lipinski definition) is 5. The molecule has 0 aliphatic heterocycles. The third-order valence-electron chi connectivity index (χ3n) is 11.5. The minimum Gasteiger partial charge on any atom is -0.462 e. The van der Waals surface area contributed by atoms with Gasteiger partial charge < -0.3 is 14.2 Å². The second-order valence-corrected chi connectivity index (χ2v) is 18.1. The Labute approximate surface area is 420 Å². The topological polar surface area (TPSA) is 61.8 Å². The van der Waals surface area contributed by atoms with Crippen molar-refractivity contribution in [3.8, 4) is 0 Å². The van der Waals surface area contributed by atoms with Crippen LogP contribution >= 0.6 is 0 Å². The van der Waals surface area contributed by atoms with Gasteiger partial charge in [-0.2, -0.15) is 0 Å². The average Bonchev–Trinajstić information content (AvgIpc) is 3.34. The maximum absolute atomic E-state index is 12.8. The summed E-state index contributed by atoms with van der Waals surface area (Å²) < 4.78 is 17.4. The number of allylic oxidation sites excluding steroid dienone is 20. The van der Waals surface area contributed by atoms with Crippen molar-refractivity contribution in [2.24, 2.45) is 0 Å². The van der Waals surface area contributed by atoms with Crippen molar-refractivity contribution < 1.29 is 23.8 Å². The molecule has 1 atom stereocenters. The second-order valence-electron chi connectivity index (χ2n) is 18.1. The highest BCUT2D eigenvalue weighted by Crippen LogP contribution is 2.15. The average molecular weight is 942 g/mol. The number of unbranched alkanes of at least 4 members (excludes halogenated alkanes) is 19. The van der Waals surface area contributed by atoms with E-state index in [1.165, 1.54) is 77.0 Å². The van der Waals surface area contributed by atoms with Gasteiger partial charge in [-0.25, -0.2) is 0 Å². The molecule has 5 heteroatoms. The normalized spacial score (nSPS) is 13.2. The van der Waals surface area contributed by atoms with Crippen molar-refractivity contribution in [3.05, 3.63) is 122 Å². The molecule has 0 aromatic carbocycles. The van der Waals surface area contributed by atoms with Gasteiger partial charge in [0.1, 0.15) is 6.61 Å². The summed E-state index contributed by atoms with van der Waals surface area (Å²) in [5.41, 5.74) is 0. The van der Waals surface area contributed by atoms with Crippen molar-refractivity contribution in [2.75, 3.05) is 19.8 Å². The molecule has 0 rings (SSSR count). The fraction of sp³-hybridized carbons (Fsp3) is 0.651. The van der Waals surface area contributed by atoms with Crippen LogP contribution in [0.3, 0.4) is 0 Å². The molecule has 0 aliphatic carbocycles. The van der Waals surface area contributed by atoms with Gasteiger partial charge in [0, 0.05) is 19.4 Å². The van der Waals surface area contributed by atoms with E-state index in [1.54, 1.807) is 0 Å². The SMILES string of the molecule is CC/C=C\C/C=C\C/C=C\C/C=C\C/C=C\CCCCCC(=O)OCC(COCCCC/C=C\C/C=C\C/C=C\C/C=C\C/C=C\CC)OC(=O)CCCCCCCCCCCCCCCCC. The Morgan fingerprint density at radius 1 is 0.338 bits per heavy atom. The fourth-order valence-corrected chi connectivity index (χ4v) is 7.39. The smallest absolute Gasteiger partial charge is 0.306 e. The lowest BCUT2D eigenvalue weighted by Crippen LogP contribution is -2.30. The summed E-state index contributed by atoms with van der Waals surface area (Å²) >= 11 is 0. The fourth-order valence-electron chi connectivity index (χ4n) is 7.39. The highest BCUT2D eigenvalue weighted by molar-refractivity contribution is 5.70. The summed E-state index contributed by atoms with van der Waals surface area (Å²) in [5, 5.41) is 0. The highest BCUT2D eigenvalue weighted by atomic mass is 16.6. The van der Waals surface area contributed by atoms with Crippen molar-refractivity contribution in [1.29, 1.82) is 0 Å². The van der Waals surface area contributed by atoms with Crippen molar-refractivity contribution in [2.45, 2.75) is 245 Å². The number of ether oxygens (including phenoxy) is 3. The predicted molar refractivity (Wildman–Crippen MR) is 297 cm³/mol. The van der Waals surface area contributed by atoms with E-state index in [0.717, 1.165) is 128 Å². The quantitative estimate of drug-likeness (QED) is 0.0345. The molecule has 1 unspecified atom stereocenters. The van der Waals surface area contributed by atoms with Gasteiger partial charge in [-0.05, 0) is 109 Å². The first-order valence-corrected chi connectivity index (χ1v) is 28.1. The van der Waals surface area contributed by atoms with E-state index >= 15 is 0 Å². The monoisotopic (exact) mass is 941 g/mol. The van der Waals surface area contributed by atoms with Crippen LogP contribution in [0.5, 0.6) is 0 Å². The van der Waals surface area contributed by atoms with Crippen LogP contribution in [-0.4, -0.2) is 37.9 Å². The van der Waals surface area contributed by atoms with Crippen LogP contribution in [0.2, 0.25) is 0 Å². The van der Waals surface area contributed by atoms with E-state index in [1.807, 2.05) is 0 Å². The lowest BCUT2D eigenvalue weighted by atomic mass is 10.0. The second kappa shape index (κ2) is 57.6. The van der Waals surface area contributed by atoms with Gasteiger partial charge in [0.15, 0.2) is 6.10 Å². The zero-order chi connectivity index (χ0) is 49.2. The number of esters is 2. The summed E-state index contributed by atoms with van der Waals surface area (Å²) in [6.07, 6.45) is 80.8. The predicted octanol–water partition coefficient (Wildman–Crippen LogP) is 19.3. The lowest BCUT2D eigenvalue weighted by Gasteiger charge is -2.18. The maximum Gasteiger partial charge on any atom is 0.306 e. The minimum absolute atomic E-state index is 0.0451. The summed E-state index contributed by atoms with van der Waals surface area (Å²) in [6, 6.07) is 0. The van der Waals surface area contributed by atoms with Crippen molar-refractivity contribution in [3.63, 3.8) is 0 Å². The van der Waals surface area contributed by atoms with Gasteiger partial charge in [0.05, 0.1) is 6.61 Å². The summed E-state index contributed by atoms with van der Waals surface area (Å²) in [4.78, 5) is 25.5. The molecule has 68 heavy (non-hydrogen) atoms. The van der Waals surface area contributed by atoms with Gasteiger partial charge in [0.25, 0.3) is 0 Å². The molecule has 0 saturated carbocycles. The summed E-state index contributed by atoms with van der Waals surface area (Å²) in [5.74, 6) is -0.460. The molecule has 0 spiro atoms. The third-order valence-corrected chi connectivity index (χ3v) is 11.5. The standard InChI is InChI=1S/C63H104O5/c1-4-7-10-13-16-19-22-25-28-30-32-33-36-38-41-44-47-50-53-56-62(64)67-60-61(68-63(65)57-54-51-48-45-42-39-35-27-24-21-18-15-12-9-6-3)59-66-58-55-52-49-46-43-40-37-34-31-29-26-23-20-17-14-11-8-5-2/h7-8,10-11,16-17,19-20,25-26,28-29,32-34,37-38,41,43,46,61H,4-6,9,12-15,18,21-24,27,30-31,35-36,39-40,42,44-45,47-60H2,1-3H3/b10-7-,11-8-,19-16-,20-17-,28-25-,29-26-,33-32-,37-34-,41-38-,46-43-. The Hall–Kier alpha value is -3.70. The zero-order valence-corrected chi connectivity index (χ0v) is 44.3. The molecule has 0 aliphatic rings. The first kappa shape index (κ1) is 64.3. The summed E-state index contributed by atoms with van der Waals surface area (Å²) in [6.45, 7) is 7.47. The molecule has 386 valence electrons. The van der Waals surface area contributed by atoms with Crippen molar-refractivity contribution >= 4 is 11.9 Å². The van der Waals surface area contributed by atoms with Crippen LogP contribution in [-0.2, 0) is 23.8 Å². The Bertz CT molecular complexity index is 1390. The number of carbonyl (C=O) groups excluding carboxylic acids is 2. The van der Waals surface area contributed by atoms with Crippen LogP contribution in [0.1, 0.15) is 239 Å². The van der Waals surface area contributed by atoms with E-state index in [0.29, 0.717) is 19.4 Å². The van der Waals surface area contributed by atoms with Crippen molar-refractivity contribution in [1.82, 2.24) is 0 Å². The first-order chi connectivity index (χ1) is 33.6. The minimum atomic E-state index is -0.580. The van der Waals surface area contributed by atoms with Gasteiger partial charge >= 0.3 is 11.9 Å². The lowest BCUT2D eigenvalue weighted by molar-refractivity contribution is -0.163. The summed E-state index contributed by atoms with van der Waals surface area (Å²) in [7, 11) is 0. The maximum atomic E-state index is 12.8. The van der Waals surface area contributed by atoms with E-state index < -0.39 is 6.10 Å². The van der Waals surface area contributed by atoms with Gasteiger partial charge in [-0.1, -0.05) is 239 Å². The van der Waals surface area contributed by atoms with Crippen LogP contribution in [0, 0.1) is 0 Å². The first-order valence-electron chi connectivity index (χ1n) is 28.1. The largest absolute Gasteiger partial charge is 0.462 e. The van der Waals surface area contributed by atoms with Crippen LogP contribution in [0.15, 0.2) is 122 Å². The van der Waals surface area contributed by atoms with Crippen LogP contribution in [0.4, 0.5) is 0 Å². The molecule has 0 radical (unpaired) electrons. The zero-order valence-electron chi connectivity index (χ0n) is 44.3. The van der Waals surface area contributed by atoms with Gasteiger partial charge in [-0.15, -0.1) is 0 Å². The van der Waals surface area contributed by atoms with E-state index in [9.17, 15) is 9.59 Å². The molecule has 0 fully saturated rings. The van der Waals surface area contributed by atoms with Crippen LogP contribution in [0.25, 0.3) is 0 Å². The molecular formula is C63H104O5. The van der Waals surface area contributed by atoms with E-state index in [2.05, 4.69) is 142 Å². The number of carbonyl (C=O) groups is 2. The number of hydrogen-bond donors (Lipinski definition) is 0. The Morgan fingerprint density at radius 3 is 1.06 bits per heavy atom. The highest BCUT2D eigenvalue weighted by Gasteiger charge is 2.17. The van der Waals surface area contributed by atoms with Gasteiger partial charge in [-0.3, -0.25) is 9.59 Å². The molecule has 0 aromatic heterocycles. The third kappa shape index (κ3) is 54.9. The molecule has 0 saturated heterocycles. The molecule has 0 amide bonds. The van der Waals surface area contributed by atoms with Gasteiger partial charge in [0.2, 0.25) is 0 Å².